The lowest BCUT2D eigenvalue weighted by Crippen LogP contribution is -2.47. The Balaban J connectivity index is 1.37. The highest BCUT2D eigenvalue weighted by Gasteiger charge is 2.30. The molecule has 4 heterocycles. The monoisotopic (exact) mass is 461 g/mol. The van der Waals surface area contributed by atoms with Crippen molar-refractivity contribution >= 4 is 40.1 Å². The van der Waals surface area contributed by atoms with E-state index >= 15 is 0 Å². The number of piperidine rings is 1. The number of rotatable bonds is 5. The average Bonchev–Trinajstić information content (AvgIpc) is 3.52. The Morgan fingerprint density at radius 2 is 1.94 bits per heavy atom. The van der Waals surface area contributed by atoms with Gasteiger partial charge in [-0.15, -0.1) is 32.9 Å². The first-order chi connectivity index (χ1) is 15.7. The fourth-order valence-corrected chi connectivity index (χ4v) is 5.33. The van der Waals surface area contributed by atoms with Crippen LogP contribution in [0, 0.1) is 6.92 Å². The first kappa shape index (κ1) is 20.8. The number of aromatic nitrogens is 3. The standard InChI is InChI=1S/C24H23N5OS2/c1-16-25-20(15-32-16)17-7-2-3-8-18(17)26-24(30)21-9-4-5-13-29(21)23-12-11-19(27-28-23)22-10-6-14-31-22/h2-3,6-8,10-12,14-15,21H,4-5,9,13H2,1H3,(H,26,30). The second-order valence-corrected chi connectivity index (χ2v) is 9.76. The highest BCUT2D eigenvalue weighted by molar-refractivity contribution is 7.13. The Bertz CT molecular complexity index is 1200. The number of nitrogens with one attached hydrogen (secondary N) is 1. The van der Waals surface area contributed by atoms with Crippen LogP contribution < -0.4 is 10.2 Å². The molecule has 1 aromatic carbocycles. The van der Waals surface area contributed by atoms with Gasteiger partial charge >= 0.3 is 0 Å². The number of thiophene rings is 1. The van der Waals surface area contributed by atoms with E-state index in [1.165, 1.54) is 0 Å². The molecule has 6 nitrogen and oxygen atoms in total. The zero-order chi connectivity index (χ0) is 21.9. The maximum atomic E-state index is 13.4. The van der Waals surface area contributed by atoms with Crippen molar-refractivity contribution in [1.29, 1.82) is 0 Å². The van der Waals surface area contributed by atoms with E-state index in [2.05, 4.69) is 25.4 Å². The Labute approximate surface area is 195 Å². The highest BCUT2D eigenvalue weighted by atomic mass is 32.1. The van der Waals surface area contributed by atoms with Gasteiger partial charge in [0.1, 0.15) is 11.7 Å². The number of hydrogen-bond donors (Lipinski definition) is 1. The summed E-state index contributed by atoms with van der Waals surface area (Å²) in [6, 6.07) is 15.6. The molecule has 1 fully saturated rings. The number of thiazole rings is 1. The third kappa shape index (κ3) is 4.28. The molecule has 1 unspecified atom stereocenters. The van der Waals surface area contributed by atoms with E-state index in [-0.39, 0.29) is 11.9 Å². The zero-order valence-electron chi connectivity index (χ0n) is 17.7. The van der Waals surface area contributed by atoms with E-state index in [1.807, 2.05) is 66.2 Å². The first-order valence-corrected chi connectivity index (χ1v) is 12.4. The molecule has 32 heavy (non-hydrogen) atoms. The number of benzene rings is 1. The molecule has 1 N–H and O–H groups in total. The summed E-state index contributed by atoms with van der Waals surface area (Å²) in [7, 11) is 0. The lowest BCUT2D eigenvalue weighted by Gasteiger charge is -2.35. The fourth-order valence-electron chi connectivity index (χ4n) is 4.03. The van der Waals surface area contributed by atoms with Crippen molar-refractivity contribution in [1.82, 2.24) is 15.2 Å². The molecule has 0 saturated carbocycles. The maximum absolute atomic E-state index is 13.4. The Hall–Kier alpha value is -3.10. The Morgan fingerprint density at radius 1 is 1.03 bits per heavy atom. The summed E-state index contributed by atoms with van der Waals surface area (Å²) in [4.78, 5) is 21.1. The normalized spacial score (nSPS) is 16.2. The number of amides is 1. The molecule has 162 valence electrons. The summed E-state index contributed by atoms with van der Waals surface area (Å²) in [5, 5.41) is 17.1. The van der Waals surface area contributed by atoms with Gasteiger partial charge in [-0.25, -0.2) is 4.98 Å². The van der Waals surface area contributed by atoms with Crippen molar-refractivity contribution in [3.05, 3.63) is 64.3 Å². The van der Waals surface area contributed by atoms with Gasteiger partial charge in [-0.1, -0.05) is 24.3 Å². The second kappa shape index (κ2) is 9.18. The van der Waals surface area contributed by atoms with Crippen LogP contribution in [0.1, 0.15) is 24.3 Å². The van der Waals surface area contributed by atoms with Gasteiger partial charge in [0.25, 0.3) is 0 Å². The van der Waals surface area contributed by atoms with Crippen molar-refractivity contribution in [2.24, 2.45) is 0 Å². The minimum absolute atomic E-state index is 0.0202. The third-order valence-electron chi connectivity index (χ3n) is 5.60. The third-order valence-corrected chi connectivity index (χ3v) is 7.27. The van der Waals surface area contributed by atoms with E-state index in [1.54, 1.807) is 22.7 Å². The number of hydrogen-bond acceptors (Lipinski definition) is 7. The number of anilines is 2. The first-order valence-electron chi connectivity index (χ1n) is 10.7. The molecule has 0 radical (unpaired) electrons. The van der Waals surface area contributed by atoms with E-state index < -0.39 is 0 Å². The van der Waals surface area contributed by atoms with Crippen LogP contribution in [0.5, 0.6) is 0 Å². The van der Waals surface area contributed by atoms with Crippen molar-refractivity contribution < 1.29 is 4.79 Å². The largest absolute Gasteiger partial charge is 0.343 e. The number of carbonyl (C=O) groups excluding carboxylic acids is 1. The predicted molar refractivity (Wildman–Crippen MR) is 131 cm³/mol. The van der Waals surface area contributed by atoms with E-state index in [0.29, 0.717) is 0 Å². The molecular weight excluding hydrogens is 438 g/mol. The van der Waals surface area contributed by atoms with Crippen LogP contribution in [0.15, 0.2) is 59.3 Å². The van der Waals surface area contributed by atoms with Crippen molar-refractivity contribution in [2.45, 2.75) is 32.2 Å². The van der Waals surface area contributed by atoms with Gasteiger partial charge in [-0.05, 0) is 55.8 Å². The summed E-state index contributed by atoms with van der Waals surface area (Å²) < 4.78 is 0. The fraction of sp³-hybridized carbons (Fsp3) is 0.250. The van der Waals surface area contributed by atoms with Gasteiger partial charge in [0.15, 0.2) is 5.82 Å². The van der Waals surface area contributed by atoms with Crippen LogP contribution in [0.4, 0.5) is 11.5 Å². The van der Waals surface area contributed by atoms with Crippen molar-refractivity contribution in [3.8, 4) is 21.8 Å². The average molecular weight is 462 g/mol. The Kier molecular flexibility index (Phi) is 5.96. The quantitative estimate of drug-likeness (QED) is 0.417. The van der Waals surface area contributed by atoms with Crippen LogP contribution >= 0.6 is 22.7 Å². The predicted octanol–water partition coefficient (Wildman–Crippen LogP) is 5.63. The van der Waals surface area contributed by atoms with Crippen LogP contribution in [0.2, 0.25) is 0 Å². The number of para-hydroxylation sites is 1. The van der Waals surface area contributed by atoms with Gasteiger partial charge in [0.2, 0.25) is 5.91 Å². The lowest BCUT2D eigenvalue weighted by atomic mass is 10.0. The number of aryl methyl sites for hydroxylation is 1. The van der Waals surface area contributed by atoms with Gasteiger partial charge in [0.05, 0.1) is 21.3 Å². The minimum atomic E-state index is -0.282. The van der Waals surface area contributed by atoms with E-state index in [4.69, 9.17) is 0 Å². The van der Waals surface area contributed by atoms with Crippen LogP contribution in [-0.2, 0) is 4.79 Å². The smallest absolute Gasteiger partial charge is 0.247 e. The van der Waals surface area contributed by atoms with Crippen LogP contribution in [-0.4, -0.2) is 33.7 Å². The molecule has 1 aliphatic rings. The molecule has 0 aliphatic carbocycles. The van der Waals surface area contributed by atoms with Gasteiger partial charge in [-0.3, -0.25) is 4.79 Å². The molecule has 1 aliphatic heterocycles. The summed E-state index contributed by atoms with van der Waals surface area (Å²) in [6.45, 7) is 2.78. The molecule has 0 spiro atoms. The van der Waals surface area contributed by atoms with Crippen molar-refractivity contribution in [2.75, 3.05) is 16.8 Å². The molecule has 0 bridgehead atoms. The van der Waals surface area contributed by atoms with E-state index in [9.17, 15) is 4.79 Å². The van der Waals surface area contributed by atoms with Crippen molar-refractivity contribution in [3.63, 3.8) is 0 Å². The summed E-state index contributed by atoms with van der Waals surface area (Å²) in [5.74, 6) is 0.724. The minimum Gasteiger partial charge on any atom is -0.343 e. The molecule has 8 heteroatoms. The highest BCUT2D eigenvalue weighted by Crippen LogP contribution is 2.31. The second-order valence-electron chi connectivity index (χ2n) is 7.75. The molecule has 4 aromatic rings. The molecule has 1 atom stereocenters. The number of nitrogens with zero attached hydrogens (tertiary/aromatic N) is 4. The summed E-state index contributed by atoms with van der Waals surface area (Å²) in [6.07, 6.45) is 2.84. The molecular formula is C24H23N5OS2. The lowest BCUT2D eigenvalue weighted by molar-refractivity contribution is -0.117. The van der Waals surface area contributed by atoms with Crippen LogP contribution in [0.25, 0.3) is 21.8 Å². The molecule has 1 saturated heterocycles. The van der Waals surface area contributed by atoms with Gasteiger partial charge < -0.3 is 10.2 Å². The van der Waals surface area contributed by atoms with Gasteiger partial charge in [-0.2, -0.15) is 0 Å². The zero-order valence-corrected chi connectivity index (χ0v) is 19.3. The topological polar surface area (TPSA) is 71.0 Å². The van der Waals surface area contributed by atoms with E-state index in [0.717, 1.165) is 64.1 Å². The summed E-state index contributed by atoms with van der Waals surface area (Å²) >= 11 is 3.25. The SMILES string of the molecule is Cc1nc(-c2ccccc2NC(=O)C2CCCCN2c2ccc(-c3cccs3)nn2)cs1. The summed E-state index contributed by atoms with van der Waals surface area (Å²) in [5.41, 5.74) is 3.47. The Morgan fingerprint density at radius 3 is 2.69 bits per heavy atom. The van der Waals surface area contributed by atoms with Crippen LogP contribution in [0.3, 0.4) is 0 Å². The number of carbonyl (C=O) groups is 1. The van der Waals surface area contributed by atoms with Gasteiger partial charge in [0, 0.05) is 17.5 Å². The maximum Gasteiger partial charge on any atom is 0.247 e. The molecule has 3 aromatic heterocycles. The molecule has 5 rings (SSSR count). The molecule has 1 amide bonds.